The summed E-state index contributed by atoms with van der Waals surface area (Å²) in [6.07, 6.45) is 5.73. The Kier molecular flexibility index (Phi) is 6.20. The number of nitrogens with one attached hydrogen (secondary N) is 1. The van der Waals surface area contributed by atoms with Crippen LogP contribution in [0.1, 0.15) is 57.3 Å². The monoisotopic (exact) mass is 234 g/mol. The molecule has 96 valence electrons. The Hall–Kier alpha value is -0.890. The number of nitrogens with zero attached hydrogens (tertiary/aromatic N) is 1. The van der Waals surface area contributed by atoms with E-state index in [0.717, 1.165) is 18.2 Å². The summed E-state index contributed by atoms with van der Waals surface area (Å²) in [7, 11) is 0. The van der Waals surface area contributed by atoms with E-state index in [1.807, 2.05) is 6.20 Å². The molecule has 0 aliphatic carbocycles. The van der Waals surface area contributed by atoms with Crippen LogP contribution >= 0.6 is 0 Å². The van der Waals surface area contributed by atoms with Gasteiger partial charge in [0.1, 0.15) is 0 Å². The SMILES string of the molecule is CCNC(CCCC(C)C)c1ccnc(C)c1. The Labute approximate surface area is 106 Å². The molecule has 1 aromatic rings. The second kappa shape index (κ2) is 7.44. The van der Waals surface area contributed by atoms with E-state index in [1.54, 1.807) is 0 Å². The quantitative estimate of drug-likeness (QED) is 0.774. The van der Waals surface area contributed by atoms with Gasteiger partial charge in [-0.2, -0.15) is 0 Å². The van der Waals surface area contributed by atoms with Gasteiger partial charge in [-0.15, -0.1) is 0 Å². The molecule has 0 spiro atoms. The van der Waals surface area contributed by atoms with Gasteiger partial charge in [0.15, 0.2) is 0 Å². The first-order valence-electron chi connectivity index (χ1n) is 6.79. The number of aryl methyl sites for hydroxylation is 1. The smallest absolute Gasteiger partial charge is 0.0375 e. The van der Waals surface area contributed by atoms with E-state index in [4.69, 9.17) is 0 Å². The zero-order chi connectivity index (χ0) is 12.7. The standard InChI is InChI=1S/C15H26N2/c1-5-16-15(8-6-7-12(2)3)14-9-10-17-13(4)11-14/h9-12,15-16H,5-8H2,1-4H3. The normalized spacial score (nSPS) is 13.0. The van der Waals surface area contributed by atoms with Gasteiger partial charge in [0.05, 0.1) is 0 Å². The molecule has 0 aliphatic rings. The van der Waals surface area contributed by atoms with Gasteiger partial charge in [-0.25, -0.2) is 0 Å². The van der Waals surface area contributed by atoms with Crippen molar-refractivity contribution < 1.29 is 0 Å². The van der Waals surface area contributed by atoms with Gasteiger partial charge in [-0.3, -0.25) is 4.98 Å². The number of pyridine rings is 1. The summed E-state index contributed by atoms with van der Waals surface area (Å²) >= 11 is 0. The van der Waals surface area contributed by atoms with Crippen molar-refractivity contribution in [2.75, 3.05) is 6.54 Å². The van der Waals surface area contributed by atoms with E-state index in [-0.39, 0.29) is 0 Å². The Bertz CT molecular complexity index is 320. The van der Waals surface area contributed by atoms with Crippen LogP contribution in [0.4, 0.5) is 0 Å². The molecular formula is C15H26N2. The van der Waals surface area contributed by atoms with Crippen molar-refractivity contribution in [2.24, 2.45) is 5.92 Å². The predicted octanol–water partition coefficient (Wildman–Crippen LogP) is 3.87. The summed E-state index contributed by atoms with van der Waals surface area (Å²) in [5.74, 6) is 0.802. The Morgan fingerprint density at radius 3 is 2.65 bits per heavy atom. The molecule has 2 nitrogen and oxygen atoms in total. The zero-order valence-electron chi connectivity index (χ0n) is 11.7. The van der Waals surface area contributed by atoms with Crippen molar-refractivity contribution in [1.29, 1.82) is 0 Å². The zero-order valence-corrected chi connectivity index (χ0v) is 11.7. The first-order valence-corrected chi connectivity index (χ1v) is 6.79. The minimum Gasteiger partial charge on any atom is -0.310 e. The van der Waals surface area contributed by atoms with Gasteiger partial charge in [0, 0.05) is 17.9 Å². The lowest BCUT2D eigenvalue weighted by atomic mass is 9.98. The molecule has 0 bridgehead atoms. The minimum absolute atomic E-state index is 0.487. The maximum absolute atomic E-state index is 4.26. The molecule has 0 amide bonds. The molecule has 2 heteroatoms. The average molecular weight is 234 g/mol. The van der Waals surface area contributed by atoms with E-state index in [2.05, 4.69) is 50.1 Å². The fourth-order valence-corrected chi connectivity index (χ4v) is 2.15. The van der Waals surface area contributed by atoms with Crippen molar-refractivity contribution in [3.63, 3.8) is 0 Å². The van der Waals surface area contributed by atoms with Crippen molar-refractivity contribution in [3.8, 4) is 0 Å². The lowest BCUT2D eigenvalue weighted by Gasteiger charge is -2.19. The highest BCUT2D eigenvalue weighted by atomic mass is 14.9. The van der Waals surface area contributed by atoms with Crippen LogP contribution in [0.5, 0.6) is 0 Å². The Morgan fingerprint density at radius 2 is 2.06 bits per heavy atom. The molecule has 0 fully saturated rings. The van der Waals surface area contributed by atoms with E-state index >= 15 is 0 Å². The van der Waals surface area contributed by atoms with Crippen LogP contribution in [0.3, 0.4) is 0 Å². The number of aromatic nitrogens is 1. The minimum atomic E-state index is 0.487. The fraction of sp³-hybridized carbons (Fsp3) is 0.667. The van der Waals surface area contributed by atoms with Gasteiger partial charge in [0.25, 0.3) is 0 Å². The molecule has 1 heterocycles. The molecule has 1 unspecified atom stereocenters. The van der Waals surface area contributed by atoms with Crippen LogP contribution < -0.4 is 5.32 Å². The Morgan fingerprint density at radius 1 is 1.29 bits per heavy atom. The summed E-state index contributed by atoms with van der Waals surface area (Å²) in [6.45, 7) is 9.83. The van der Waals surface area contributed by atoms with Crippen LogP contribution in [0, 0.1) is 12.8 Å². The summed E-state index contributed by atoms with van der Waals surface area (Å²) in [5, 5.41) is 3.57. The number of rotatable bonds is 7. The van der Waals surface area contributed by atoms with Gasteiger partial charge in [-0.1, -0.05) is 33.6 Å². The van der Waals surface area contributed by atoms with Gasteiger partial charge < -0.3 is 5.32 Å². The summed E-state index contributed by atoms with van der Waals surface area (Å²) in [4.78, 5) is 4.26. The third kappa shape index (κ3) is 5.31. The lowest BCUT2D eigenvalue weighted by Crippen LogP contribution is -2.21. The van der Waals surface area contributed by atoms with Crippen molar-refractivity contribution >= 4 is 0 Å². The van der Waals surface area contributed by atoms with Crippen molar-refractivity contribution in [1.82, 2.24) is 10.3 Å². The van der Waals surface area contributed by atoms with Crippen LogP contribution in [-0.2, 0) is 0 Å². The number of hydrogen-bond donors (Lipinski definition) is 1. The van der Waals surface area contributed by atoms with Crippen molar-refractivity contribution in [2.45, 2.75) is 53.0 Å². The summed E-state index contributed by atoms with van der Waals surface area (Å²) in [5.41, 5.74) is 2.48. The van der Waals surface area contributed by atoms with Crippen molar-refractivity contribution in [3.05, 3.63) is 29.6 Å². The molecule has 0 saturated heterocycles. The molecule has 1 rings (SSSR count). The second-order valence-corrected chi connectivity index (χ2v) is 5.17. The van der Waals surface area contributed by atoms with Crippen LogP contribution in [-0.4, -0.2) is 11.5 Å². The molecule has 1 N–H and O–H groups in total. The molecule has 0 saturated carbocycles. The third-order valence-corrected chi connectivity index (χ3v) is 3.05. The second-order valence-electron chi connectivity index (χ2n) is 5.17. The molecule has 17 heavy (non-hydrogen) atoms. The summed E-state index contributed by atoms with van der Waals surface area (Å²) in [6, 6.07) is 4.82. The molecule has 1 atom stereocenters. The van der Waals surface area contributed by atoms with E-state index in [9.17, 15) is 0 Å². The van der Waals surface area contributed by atoms with E-state index in [1.165, 1.54) is 24.8 Å². The van der Waals surface area contributed by atoms with Gasteiger partial charge in [-0.05, 0) is 43.5 Å². The maximum Gasteiger partial charge on any atom is 0.0375 e. The first-order chi connectivity index (χ1) is 8.13. The van der Waals surface area contributed by atoms with Crippen LogP contribution in [0.15, 0.2) is 18.3 Å². The predicted molar refractivity (Wildman–Crippen MR) is 74.1 cm³/mol. The largest absolute Gasteiger partial charge is 0.310 e. The molecule has 0 radical (unpaired) electrons. The Balaban J connectivity index is 2.58. The molecule has 0 aliphatic heterocycles. The fourth-order valence-electron chi connectivity index (χ4n) is 2.15. The molecule has 1 aromatic heterocycles. The first kappa shape index (κ1) is 14.2. The highest BCUT2D eigenvalue weighted by Gasteiger charge is 2.10. The molecular weight excluding hydrogens is 208 g/mol. The highest BCUT2D eigenvalue weighted by Crippen LogP contribution is 2.20. The van der Waals surface area contributed by atoms with Crippen LogP contribution in [0.2, 0.25) is 0 Å². The van der Waals surface area contributed by atoms with E-state index in [0.29, 0.717) is 6.04 Å². The third-order valence-electron chi connectivity index (χ3n) is 3.05. The topological polar surface area (TPSA) is 24.9 Å². The van der Waals surface area contributed by atoms with Crippen LogP contribution in [0.25, 0.3) is 0 Å². The highest BCUT2D eigenvalue weighted by molar-refractivity contribution is 5.19. The lowest BCUT2D eigenvalue weighted by molar-refractivity contribution is 0.455. The average Bonchev–Trinajstić information content (AvgIpc) is 2.27. The van der Waals surface area contributed by atoms with Gasteiger partial charge >= 0.3 is 0 Å². The molecule has 0 aromatic carbocycles. The summed E-state index contributed by atoms with van der Waals surface area (Å²) < 4.78 is 0. The van der Waals surface area contributed by atoms with E-state index < -0.39 is 0 Å². The maximum atomic E-state index is 4.26. The number of hydrogen-bond acceptors (Lipinski definition) is 2. The van der Waals surface area contributed by atoms with Gasteiger partial charge in [0.2, 0.25) is 0 Å².